The highest BCUT2D eigenvalue weighted by Crippen LogP contribution is 2.58. The summed E-state index contributed by atoms with van der Waals surface area (Å²) in [7, 11) is 0. The summed E-state index contributed by atoms with van der Waals surface area (Å²) in [6, 6.07) is 19.9. The number of hydrogen-bond acceptors (Lipinski definition) is 1. The Hall–Kier alpha value is -2.41. The van der Waals surface area contributed by atoms with Gasteiger partial charge in [0, 0.05) is 16.5 Å². The van der Waals surface area contributed by atoms with Gasteiger partial charge in [0.25, 0.3) is 0 Å². The molecule has 0 unspecified atom stereocenters. The third-order valence-electron chi connectivity index (χ3n) is 6.48. The highest BCUT2D eigenvalue weighted by molar-refractivity contribution is 5.82. The molecule has 122 valence electrons. The van der Waals surface area contributed by atoms with E-state index in [9.17, 15) is 0 Å². The lowest BCUT2D eigenvalue weighted by atomic mass is 9.76. The fourth-order valence-electron chi connectivity index (χ4n) is 5.10. The van der Waals surface area contributed by atoms with Crippen molar-refractivity contribution in [2.75, 3.05) is 0 Å². The molecule has 3 aliphatic rings. The molecule has 6 rings (SSSR count). The molecule has 1 saturated carbocycles. The lowest BCUT2D eigenvalue weighted by molar-refractivity contribution is 0.653. The predicted molar refractivity (Wildman–Crippen MR) is 102 cm³/mol. The zero-order valence-corrected chi connectivity index (χ0v) is 14.4. The number of hydrogen-bond donors (Lipinski definition) is 0. The zero-order chi connectivity index (χ0) is 16.4. The van der Waals surface area contributed by atoms with Crippen LogP contribution in [0.25, 0.3) is 22.4 Å². The Morgan fingerprint density at radius 2 is 1.56 bits per heavy atom. The molecule has 0 aliphatic heterocycles. The number of pyridine rings is 1. The third-order valence-corrected chi connectivity index (χ3v) is 6.48. The van der Waals surface area contributed by atoms with Gasteiger partial charge in [-0.15, -0.1) is 0 Å². The molecule has 0 saturated heterocycles. The summed E-state index contributed by atoms with van der Waals surface area (Å²) in [6.45, 7) is 0. The summed E-state index contributed by atoms with van der Waals surface area (Å²) in [6.07, 6.45) is 7.43. The van der Waals surface area contributed by atoms with Crippen LogP contribution in [0, 0.1) is 0 Å². The summed E-state index contributed by atoms with van der Waals surface area (Å²) in [4.78, 5) is 5.37. The molecule has 0 radical (unpaired) electrons. The highest BCUT2D eigenvalue weighted by atomic mass is 14.8. The van der Waals surface area contributed by atoms with Crippen molar-refractivity contribution in [3.05, 3.63) is 77.0 Å². The normalized spacial score (nSPS) is 18.6. The van der Waals surface area contributed by atoms with Gasteiger partial charge in [-0.3, -0.25) is 4.98 Å². The van der Waals surface area contributed by atoms with E-state index in [-0.39, 0.29) is 0 Å². The van der Waals surface area contributed by atoms with Crippen LogP contribution >= 0.6 is 0 Å². The van der Waals surface area contributed by atoms with Crippen molar-refractivity contribution in [1.29, 1.82) is 0 Å². The minimum absolute atomic E-state index is 0.324. The quantitative estimate of drug-likeness (QED) is 0.577. The Balaban J connectivity index is 1.70. The fraction of sp³-hybridized carbons (Fsp3) is 0.292. The molecule has 1 nitrogen and oxygen atoms in total. The molecule has 2 aromatic carbocycles. The smallest absolute Gasteiger partial charge is 0.0740 e. The minimum atomic E-state index is 0.324. The SMILES string of the molecule is c1ccc(-c2nc3c(c4c2CCC4)-c2ccccc2CC32CC2)cc1. The van der Waals surface area contributed by atoms with Crippen LogP contribution in [0.2, 0.25) is 0 Å². The van der Waals surface area contributed by atoms with Gasteiger partial charge in [-0.05, 0) is 60.8 Å². The molecule has 0 atom stereocenters. The molecule has 1 heterocycles. The van der Waals surface area contributed by atoms with E-state index in [1.54, 1.807) is 5.56 Å². The van der Waals surface area contributed by atoms with E-state index in [4.69, 9.17) is 4.98 Å². The maximum absolute atomic E-state index is 5.37. The number of aromatic nitrogens is 1. The molecule has 1 spiro atoms. The average Bonchev–Trinajstić information content (AvgIpc) is 3.25. The van der Waals surface area contributed by atoms with Crippen LogP contribution < -0.4 is 0 Å². The summed E-state index contributed by atoms with van der Waals surface area (Å²) in [5.74, 6) is 0. The second-order valence-corrected chi connectivity index (χ2v) is 7.97. The van der Waals surface area contributed by atoms with Crippen molar-refractivity contribution in [3.8, 4) is 22.4 Å². The predicted octanol–water partition coefficient (Wildman–Crippen LogP) is 5.49. The molecule has 25 heavy (non-hydrogen) atoms. The van der Waals surface area contributed by atoms with Crippen molar-refractivity contribution < 1.29 is 0 Å². The Morgan fingerprint density at radius 1 is 0.800 bits per heavy atom. The fourth-order valence-corrected chi connectivity index (χ4v) is 5.10. The van der Waals surface area contributed by atoms with Crippen molar-refractivity contribution in [2.45, 2.75) is 43.9 Å². The van der Waals surface area contributed by atoms with Gasteiger partial charge in [-0.25, -0.2) is 0 Å². The summed E-state index contributed by atoms with van der Waals surface area (Å²) >= 11 is 0. The van der Waals surface area contributed by atoms with Gasteiger partial charge in [-0.2, -0.15) is 0 Å². The van der Waals surface area contributed by atoms with Gasteiger partial charge in [-0.1, -0.05) is 54.6 Å². The van der Waals surface area contributed by atoms with Gasteiger partial charge >= 0.3 is 0 Å². The van der Waals surface area contributed by atoms with Gasteiger partial charge < -0.3 is 0 Å². The molecular weight excluding hydrogens is 302 g/mol. The Kier molecular flexibility index (Phi) is 2.67. The van der Waals surface area contributed by atoms with E-state index in [2.05, 4.69) is 54.6 Å². The lowest BCUT2D eigenvalue weighted by Crippen LogP contribution is -2.21. The van der Waals surface area contributed by atoms with Gasteiger partial charge in [0.05, 0.1) is 11.4 Å². The molecule has 1 fully saturated rings. The first-order valence-corrected chi connectivity index (χ1v) is 9.56. The summed E-state index contributed by atoms with van der Waals surface area (Å²) in [5, 5.41) is 0. The number of benzene rings is 2. The molecule has 0 bridgehead atoms. The highest BCUT2D eigenvalue weighted by Gasteiger charge is 2.50. The molecule has 1 heteroatoms. The van der Waals surface area contributed by atoms with Crippen LogP contribution in [0.5, 0.6) is 0 Å². The average molecular weight is 323 g/mol. The molecule has 3 aromatic rings. The molecule has 3 aliphatic carbocycles. The standard InChI is InChI=1S/C24H21N/c1-2-7-16(8-3-1)22-20-12-6-11-19(20)21-18-10-5-4-9-17(18)15-24(13-14-24)23(21)25-22/h1-5,7-10H,6,11-15H2. The lowest BCUT2D eigenvalue weighted by Gasteiger charge is -2.30. The first-order chi connectivity index (χ1) is 12.4. The maximum atomic E-state index is 5.37. The van der Waals surface area contributed by atoms with Crippen molar-refractivity contribution in [3.63, 3.8) is 0 Å². The molecular formula is C24H21N. The number of rotatable bonds is 1. The maximum Gasteiger partial charge on any atom is 0.0740 e. The zero-order valence-electron chi connectivity index (χ0n) is 14.4. The molecule has 0 N–H and O–H groups in total. The summed E-state index contributed by atoms with van der Waals surface area (Å²) in [5.41, 5.74) is 11.9. The van der Waals surface area contributed by atoms with Crippen LogP contribution in [0.1, 0.15) is 41.6 Å². The van der Waals surface area contributed by atoms with E-state index < -0.39 is 0 Å². The van der Waals surface area contributed by atoms with Crippen molar-refractivity contribution in [1.82, 2.24) is 4.98 Å². The molecule has 0 amide bonds. The van der Waals surface area contributed by atoms with E-state index >= 15 is 0 Å². The first kappa shape index (κ1) is 13.8. The van der Waals surface area contributed by atoms with Crippen molar-refractivity contribution >= 4 is 0 Å². The second kappa shape index (κ2) is 4.82. The monoisotopic (exact) mass is 323 g/mol. The topological polar surface area (TPSA) is 12.9 Å². The minimum Gasteiger partial charge on any atom is -0.251 e. The van der Waals surface area contributed by atoms with Crippen LogP contribution in [-0.4, -0.2) is 4.98 Å². The van der Waals surface area contributed by atoms with E-state index in [1.165, 1.54) is 77.7 Å². The number of nitrogens with zero attached hydrogens (tertiary/aromatic N) is 1. The first-order valence-electron chi connectivity index (χ1n) is 9.56. The van der Waals surface area contributed by atoms with Gasteiger partial charge in [0.15, 0.2) is 0 Å². The third kappa shape index (κ3) is 1.87. The van der Waals surface area contributed by atoms with Crippen LogP contribution in [0.15, 0.2) is 54.6 Å². The Morgan fingerprint density at radius 3 is 2.40 bits per heavy atom. The van der Waals surface area contributed by atoms with Crippen molar-refractivity contribution in [2.24, 2.45) is 0 Å². The van der Waals surface area contributed by atoms with Crippen LogP contribution in [0.4, 0.5) is 0 Å². The second-order valence-electron chi connectivity index (χ2n) is 7.97. The summed E-state index contributed by atoms with van der Waals surface area (Å²) < 4.78 is 0. The van der Waals surface area contributed by atoms with Gasteiger partial charge in [0.2, 0.25) is 0 Å². The van der Waals surface area contributed by atoms with E-state index in [0.717, 1.165) is 0 Å². The van der Waals surface area contributed by atoms with E-state index in [1.807, 2.05) is 0 Å². The van der Waals surface area contributed by atoms with Crippen LogP contribution in [-0.2, 0) is 24.7 Å². The Bertz CT molecular complexity index is 996. The van der Waals surface area contributed by atoms with E-state index in [0.29, 0.717) is 5.41 Å². The number of fused-ring (bicyclic) bond motifs is 6. The van der Waals surface area contributed by atoms with Crippen LogP contribution in [0.3, 0.4) is 0 Å². The Labute approximate surface area is 148 Å². The molecule has 1 aromatic heterocycles. The van der Waals surface area contributed by atoms with Gasteiger partial charge in [0.1, 0.15) is 0 Å². The largest absolute Gasteiger partial charge is 0.251 e.